The van der Waals surface area contributed by atoms with Crippen LogP contribution in [0.15, 0.2) is 12.3 Å². The highest BCUT2D eigenvalue weighted by Gasteiger charge is 2.57. The molecule has 2 aromatic heterocycles. The van der Waals surface area contributed by atoms with Crippen molar-refractivity contribution in [3.8, 4) is 0 Å². The van der Waals surface area contributed by atoms with E-state index in [4.69, 9.17) is 11.6 Å². The number of H-pyrrole nitrogens is 1. The van der Waals surface area contributed by atoms with Crippen LogP contribution in [0, 0.1) is 23.0 Å². The fraction of sp³-hybridized carbons (Fsp3) is 0.476. The molecule has 2 atom stereocenters. The highest BCUT2D eigenvalue weighted by atomic mass is 35.5. The maximum absolute atomic E-state index is 14.9. The monoisotopic (exact) mass is 419 g/mol. The van der Waals surface area contributed by atoms with Crippen LogP contribution in [0.2, 0.25) is 5.02 Å². The molecule has 5 nitrogen and oxygen atoms in total. The average Bonchev–Trinajstić information content (AvgIpc) is 3.02. The normalized spacial score (nSPS) is 23.8. The number of nitrogens with zero attached hydrogens (tertiary/aromatic N) is 3. The molecule has 2 unspecified atom stereocenters. The van der Waals surface area contributed by atoms with Crippen molar-refractivity contribution in [2.24, 2.45) is 11.3 Å². The molecule has 1 aliphatic heterocycles. The molecule has 1 aliphatic carbocycles. The molecule has 3 aromatic rings. The third-order valence-electron chi connectivity index (χ3n) is 6.64. The first-order chi connectivity index (χ1) is 13.8. The van der Waals surface area contributed by atoms with E-state index in [1.54, 1.807) is 13.2 Å². The molecule has 0 bridgehead atoms. The zero-order valence-electron chi connectivity index (χ0n) is 16.7. The van der Waals surface area contributed by atoms with Crippen LogP contribution in [0.5, 0.6) is 0 Å². The Hall–Kier alpha value is -2.12. The Bertz CT molecular complexity index is 1130. The average molecular weight is 420 g/mol. The summed E-state index contributed by atoms with van der Waals surface area (Å²) in [6.45, 7) is 2.81. The molecule has 2 fully saturated rings. The molecule has 1 saturated carbocycles. The van der Waals surface area contributed by atoms with Crippen molar-refractivity contribution < 1.29 is 8.78 Å². The first-order valence-corrected chi connectivity index (χ1v) is 10.3. The lowest BCUT2D eigenvalue weighted by molar-refractivity contribution is 0.352. The molecule has 2 aliphatic rings. The molecular formula is C21H24ClF2N5. The predicted octanol–water partition coefficient (Wildman–Crippen LogP) is 4.47. The van der Waals surface area contributed by atoms with Gasteiger partial charge in [-0.1, -0.05) is 11.6 Å². The van der Waals surface area contributed by atoms with Crippen LogP contribution in [0.25, 0.3) is 21.9 Å². The summed E-state index contributed by atoms with van der Waals surface area (Å²) in [6, 6.07) is 1.16. The van der Waals surface area contributed by atoms with Crippen molar-refractivity contribution in [1.82, 2.24) is 14.9 Å². The van der Waals surface area contributed by atoms with Crippen LogP contribution < -0.4 is 10.2 Å². The smallest absolute Gasteiger partial charge is 0.169 e. The number of nitrogens with one attached hydrogen (secondary N) is 2. The van der Waals surface area contributed by atoms with Crippen LogP contribution >= 0.6 is 11.6 Å². The number of aromatic amines is 1. The minimum absolute atomic E-state index is 0.205. The number of fused-ring (bicyclic) bond motifs is 3. The van der Waals surface area contributed by atoms with E-state index in [2.05, 4.69) is 39.2 Å². The van der Waals surface area contributed by atoms with Crippen LogP contribution in [0.4, 0.5) is 20.2 Å². The zero-order chi connectivity index (χ0) is 20.5. The van der Waals surface area contributed by atoms with Crippen molar-refractivity contribution in [1.29, 1.82) is 0 Å². The van der Waals surface area contributed by atoms with E-state index >= 15 is 0 Å². The van der Waals surface area contributed by atoms with E-state index in [1.165, 1.54) is 6.42 Å². The van der Waals surface area contributed by atoms with E-state index in [9.17, 15) is 8.78 Å². The standard InChI is InChI=1S/C21H24ClF2N5/c1-25-14-6-13(23)17(24)15-16-19(12(22)8-26-20(16)27-18(14)15)29-5-4-21(10-29)7-11(21)9-28(2)3/h6,8,11,25H,4-5,7,9-10H2,1-3H3,(H,26,27). The molecule has 5 rings (SSSR count). The lowest BCUT2D eigenvalue weighted by atomic mass is 10.0. The number of halogens is 3. The Balaban J connectivity index is 1.65. The SMILES string of the molecule is CNc1cc(F)c(F)c2c1[nH]c1ncc(Cl)c(N3CCC4(CC4CN(C)C)C3)c12. The first-order valence-electron chi connectivity index (χ1n) is 9.90. The van der Waals surface area contributed by atoms with Gasteiger partial charge in [0.1, 0.15) is 5.65 Å². The molecule has 8 heteroatoms. The number of benzene rings is 1. The first kappa shape index (κ1) is 18.9. The quantitative estimate of drug-likeness (QED) is 0.655. The van der Waals surface area contributed by atoms with E-state index in [1.807, 2.05) is 0 Å². The molecular weight excluding hydrogens is 396 g/mol. The third kappa shape index (κ3) is 2.78. The van der Waals surface area contributed by atoms with Gasteiger partial charge >= 0.3 is 0 Å². The van der Waals surface area contributed by atoms with Crippen molar-refractivity contribution in [2.75, 3.05) is 51.0 Å². The Morgan fingerprint density at radius 3 is 2.90 bits per heavy atom. The van der Waals surface area contributed by atoms with Gasteiger partial charge in [-0.2, -0.15) is 0 Å². The summed E-state index contributed by atoms with van der Waals surface area (Å²) >= 11 is 6.58. The summed E-state index contributed by atoms with van der Waals surface area (Å²) in [6.07, 6.45) is 3.89. The molecule has 2 N–H and O–H groups in total. The summed E-state index contributed by atoms with van der Waals surface area (Å²) in [7, 11) is 5.89. The molecule has 154 valence electrons. The molecule has 1 spiro atoms. The zero-order valence-corrected chi connectivity index (χ0v) is 17.5. The number of hydrogen-bond donors (Lipinski definition) is 2. The molecule has 3 heterocycles. The summed E-state index contributed by atoms with van der Waals surface area (Å²) in [4.78, 5) is 12.0. The number of anilines is 2. The second-order valence-electron chi connectivity index (χ2n) is 8.72. The number of aromatic nitrogens is 2. The maximum atomic E-state index is 14.9. The fourth-order valence-electron chi connectivity index (χ4n) is 5.14. The van der Waals surface area contributed by atoms with Gasteiger partial charge in [0.2, 0.25) is 0 Å². The Labute approximate surface area is 173 Å². The van der Waals surface area contributed by atoms with Gasteiger partial charge in [-0.15, -0.1) is 0 Å². The topological polar surface area (TPSA) is 47.2 Å². The van der Waals surface area contributed by atoms with E-state index in [0.717, 1.165) is 37.8 Å². The summed E-state index contributed by atoms with van der Waals surface area (Å²) in [5.41, 5.74) is 2.56. The highest BCUT2D eigenvalue weighted by Crippen LogP contribution is 2.60. The predicted molar refractivity (Wildman–Crippen MR) is 114 cm³/mol. The van der Waals surface area contributed by atoms with E-state index in [-0.39, 0.29) is 5.39 Å². The van der Waals surface area contributed by atoms with Gasteiger partial charge in [0.25, 0.3) is 0 Å². The Kier molecular flexibility index (Phi) is 4.19. The van der Waals surface area contributed by atoms with Crippen LogP contribution in [-0.4, -0.2) is 55.6 Å². The fourth-order valence-corrected chi connectivity index (χ4v) is 5.41. The van der Waals surface area contributed by atoms with Crippen molar-refractivity contribution >= 4 is 44.9 Å². The van der Waals surface area contributed by atoms with Gasteiger partial charge in [0, 0.05) is 32.7 Å². The molecule has 0 amide bonds. The van der Waals surface area contributed by atoms with Crippen LogP contribution in [0.1, 0.15) is 12.8 Å². The maximum Gasteiger partial charge on any atom is 0.169 e. The Morgan fingerprint density at radius 2 is 2.17 bits per heavy atom. The van der Waals surface area contributed by atoms with Gasteiger partial charge in [0.15, 0.2) is 11.6 Å². The highest BCUT2D eigenvalue weighted by molar-refractivity contribution is 6.36. The number of hydrogen-bond acceptors (Lipinski definition) is 4. The van der Waals surface area contributed by atoms with Gasteiger partial charge in [0.05, 0.1) is 38.9 Å². The van der Waals surface area contributed by atoms with Crippen molar-refractivity contribution in [3.05, 3.63) is 28.9 Å². The number of rotatable bonds is 4. The third-order valence-corrected chi connectivity index (χ3v) is 6.91. The molecule has 1 aromatic carbocycles. The van der Waals surface area contributed by atoms with Gasteiger partial charge in [-0.25, -0.2) is 13.8 Å². The van der Waals surface area contributed by atoms with Crippen LogP contribution in [0.3, 0.4) is 0 Å². The van der Waals surface area contributed by atoms with Crippen molar-refractivity contribution in [3.63, 3.8) is 0 Å². The summed E-state index contributed by atoms with van der Waals surface area (Å²) in [5.74, 6) is -1.09. The second kappa shape index (κ2) is 6.44. The minimum atomic E-state index is -0.889. The van der Waals surface area contributed by atoms with Crippen molar-refractivity contribution in [2.45, 2.75) is 12.8 Å². The van der Waals surface area contributed by atoms with Gasteiger partial charge in [-0.05, 0) is 38.3 Å². The summed E-state index contributed by atoms with van der Waals surface area (Å²) in [5, 5.41) is 4.16. The lowest BCUT2D eigenvalue weighted by Gasteiger charge is -2.22. The lowest BCUT2D eigenvalue weighted by Crippen LogP contribution is -2.23. The molecule has 1 saturated heterocycles. The minimum Gasteiger partial charge on any atom is -0.386 e. The Morgan fingerprint density at radius 1 is 1.38 bits per heavy atom. The van der Waals surface area contributed by atoms with Crippen LogP contribution in [-0.2, 0) is 0 Å². The molecule has 0 radical (unpaired) electrons. The molecule has 29 heavy (non-hydrogen) atoms. The van der Waals surface area contributed by atoms with E-state index in [0.29, 0.717) is 38.6 Å². The number of pyridine rings is 1. The largest absolute Gasteiger partial charge is 0.386 e. The van der Waals surface area contributed by atoms with Gasteiger partial charge < -0.3 is 20.1 Å². The van der Waals surface area contributed by atoms with E-state index < -0.39 is 11.6 Å². The second-order valence-corrected chi connectivity index (χ2v) is 9.13. The summed E-state index contributed by atoms with van der Waals surface area (Å²) < 4.78 is 29.2. The van der Waals surface area contributed by atoms with Gasteiger partial charge in [-0.3, -0.25) is 0 Å².